The number of thioether (sulfide) groups is 2. The zero-order chi connectivity index (χ0) is 17.6. The van der Waals surface area contributed by atoms with Crippen LogP contribution in [0.5, 0.6) is 0 Å². The molecule has 0 spiro atoms. The van der Waals surface area contributed by atoms with Crippen molar-refractivity contribution in [2.24, 2.45) is 0 Å². The Bertz CT molecular complexity index is 753. The first-order chi connectivity index (χ1) is 12.1. The molecule has 0 radical (unpaired) electrons. The minimum absolute atomic E-state index is 0.0838. The third-order valence-corrected chi connectivity index (χ3v) is 6.04. The second-order valence-corrected chi connectivity index (χ2v) is 8.24. The van der Waals surface area contributed by atoms with E-state index in [4.69, 9.17) is 11.6 Å². The molecule has 3 rings (SSSR count). The summed E-state index contributed by atoms with van der Waals surface area (Å²) in [5, 5.41) is 4.31. The van der Waals surface area contributed by atoms with Gasteiger partial charge in [0.25, 0.3) is 0 Å². The summed E-state index contributed by atoms with van der Waals surface area (Å²) in [5.41, 5.74) is 1.69. The number of benzene rings is 1. The summed E-state index contributed by atoms with van der Waals surface area (Å²) in [5.74, 6) is 3.38. The number of nitrogens with zero attached hydrogens (tertiary/aromatic N) is 3. The second kappa shape index (κ2) is 8.78. The topological polar surface area (TPSA) is 58.1 Å². The van der Waals surface area contributed by atoms with Crippen LogP contribution in [0.4, 0.5) is 11.5 Å². The fourth-order valence-electron chi connectivity index (χ4n) is 2.38. The third kappa shape index (κ3) is 5.26. The van der Waals surface area contributed by atoms with Crippen LogP contribution in [0.25, 0.3) is 0 Å². The van der Waals surface area contributed by atoms with Gasteiger partial charge in [-0.15, -0.1) is 0 Å². The van der Waals surface area contributed by atoms with Crippen molar-refractivity contribution in [3.05, 3.63) is 41.2 Å². The monoisotopic (exact) mass is 394 g/mol. The number of carbonyl (C=O) groups excluding carboxylic acids is 1. The molecule has 1 amide bonds. The molecular formula is C17H19ClN4OS2. The molecule has 2 aromatic rings. The molecule has 1 saturated heterocycles. The van der Waals surface area contributed by atoms with Crippen LogP contribution in [0.2, 0.25) is 5.02 Å². The minimum atomic E-state index is -0.0838. The van der Waals surface area contributed by atoms with Gasteiger partial charge in [-0.25, -0.2) is 9.97 Å². The summed E-state index contributed by atoms with van der Waals surface area (Å²) < 4.78 is 0. The predicted molar refractivity (Wildman–Crippen MR) is 107 cm³/mol. The van der Waals surface area contributed by atoms with Gasteiger partial charge < -0.3 is 10.2 Å². The second-order valence-electron chi connectivity index (χ2n) is 5.61. The van der Waals surface area contributed by atoms with Crippen LogP contribution in [0.3, 0.4) is 0 Å². The highest BCUT2D eigenvalue weighted by molar-refractivity contribution is 8.00. The maximum Gasteiger partial charge on any atom is 0.234 e. The van der Waals surface area contributed by atoms with Crippen molar-refractivity contribution in [3.8, 4) is 0 Å². The highest BCUT2D eigenvalue weighted by Crippen LogP contribution is 2.23. The zero-order valence-electron chi connectivity index (χ0n) is 13.9. The number of rotatable bonds is 5. The van der Waals surface area contributed by atoms with Gasteiger partial charge in [0, 0.05) is 41.4 Å². The Morgan fingerprint density at radius 3 is 2.88 bits per heavy atom. The van der Waals surface area contributed by atoms with E-state index in [0.717, 1.165) is 41.0 Å². The quantitative estimate of drug-likeness (QED) is 0.616. The van der Waals surface area contributed by atoms with Crippen molar-refractivity contribution in [3.63, 3.8) is 0 Å². The number of anilines is 2. The lowest BCUT2D eigenvalue weighted by atomic mass is 10.2. The first kappa shape index (κ1) is 18.4. The molecule has 2 heterocycles. The van der Waals surface area contributed by atoms with E-state index in [1.807, 2.05) is 36.9 Å². The largest absolute Gasteiger partial charge is 0.355 e. The Morgan fingerprint density at radius 1 is 1.32 bits per heavy atom. The van der Waals surface area contributed by atoms with Gasteiger partial charge in [-0.3, -0.25) is 4.79 Å². The van der Waals surface area contributed by atoms with Crippen LogP contribution >= 0.6 is 35.1 Å². The van der Waals surface area contributed by atoms with Crippen LogP contribution in [-0.4, -0.2) is 46.2 Å². The fourth-order valence-corrected chi connectivity index (χ4v) is 4.13. The fraction of sp³-hybridized carbons (Fsp3) is 0.353. The molecule has 0 saturated carbocycles. The van der Waals surface area contributed by atoms with E-state index < -0.39 is 0 Å². The third-order valence-electron chi connectivity index (χ3n) is 3.77. The van der Waals surface area contributed by atoms with Crippen LogP contribution in [0, 0.1) is 6.92 Å². The summed E-state index contributed by atoms with van der Waals surface area (Å²) in [7, 11) is 0. The van der Waals surface area contributed by atoms with Gasteiger partial charge in [0.1, 0.15) is 17.2 Å². The maximum absolute atomic E-state index is 12.1. The smallest absolute Gasteiger partial charge is 0.234 e. The Morgan fingerprint density at radius 2 is 2.12 bits per heavy atom. The number of halogens is 1. The van der Waals surface area contributed by atoms with E-state index in [-0.39, 0.29) is 11.7 Å². The van der Waals surface area contributed by atoms with Gasteiger partial charge >= 0.3 is 0 Å². The number of aryl methyl sites for hydroxylation is 1. The molecule has 0 aliphatic carbocycles. The number of hydrogen-bond acceptors (Lipinski definition) is 6. The first-order valence-electron chi connectivity index (χ1n) is 7.95. The number of aromatic nitrogens is 2. The van der Waals surface area contributed by atoms with E-state index in [1.54, 1.807) is 12.4 Å². The summed E-state index contributed by atoms with van der Waals surface area (Å²) in [6, 6.07) is 7.45. The SMILES string of the molecule is Cc1ccc(NC(=O)CSc2cc(N3CCSCC3)ncn2)cc1Cl. The first-order valence-corrected chi connectivity index (χ1v) is 10.5. The molecule has 0 unspecified atom stereocenters. The highest BCUT2D eigenvalue weighted by atomic mass is 35.5. The molecule has 1 aromatic carbocycles. The highest BCUT2D eigenvalue weighted by Gasteiger charge is 2.13. The lowest BCUT2D eigenvalue weighted by Gasteiger charge is -2.27. The summed E-state index contributed by atoms with van der Waals surface area (Å²) in [4.78, 5) is 23.0. The van der Waals surface area contributed by atoms with Crippen LogP contribution in [0.1, 0.15) is 5.56 Å². The number of amides is 1. The molecule has 8 heteroatoms. The van der Waals surface area contributed by atoms with Gasteiger partial charge in [0.2, 0.25) is 5.91 Å². The molecule has 1 aromatic heterocycles. The van der Waals surface area contributed by atoms with E-state index in [1.165, 1.54) is 11.8 Å². The number of nitrogens with one attached hydrogen (secondary N) is 1. The van der Waals surface area contributed by atoms with Gasteiger partial charge in [-0.05, 0) is 24.6 Å². The zero-order valence-corrected chi connectivity index (χ0v) is 16.3. The Kier molecular flexibility index (Phi) is 6.45. The molecule has 25 heavy (non-hydrogen) atoms. The van der Waals surface area contributed by atoms with Crippen molar-refractivity contribution in [1.82, 2.24) is 9.97 Å². The molecule has 1 fully saturated rings. The minimum Gasteiger partial charge on any atom is -0.355 e. The molecule has 132 valence electrons. The summed E-state index contributed by atoms with van der Waals surface area (Å²) in [6.07, 6.45) is 1.57. The Balaban J connectivity index is 1.55. The van der Waals surface area contributed by atoms with E-state index in [0.29, 0.717) is 10.7 Å². The lowest BCUT2D eigenvalue weighted by Crippen LogP contribution is -2.33. The summed E-state index contributed by atoms with van der Waals surface area (Å²) in [6.45, 7) is 3.93. The molecule has 0 bridgehead atoms. The number of hydrogen-bond donors (Lipinski definition) is 1. The standard InChI is InChI=1S/C17H19ClN4OS2/c1-12-2-3-13(8-14(12)18)21-16(23)10-25-17-9-15(19-11-20-17)22-4-6-24-7-5-22/h2-3,8-9,11H,4-7,10H2,1H3,(H,21,23). The Labute approximate surface area is 160 Å². The maximum atomic E-state index is 12.1. The van der Waals surface area contributed by atoms with Gasteiger partial charge in [-0.2, -0.15) is 11.8 Å². The molecule has 1 aliphatic heterocycles. The van der Waals surface area contributed by atoms with Crippen molar-refractivity contribution < 1.29 is 4.79 Å². The van der Waals surface area contributed by atoms with Crippen LogP contribution in [-0.2, 0) is 4.79 Å². The van der Waals surface area contributed by atoms with E-state index in [2.05, 4.69) is 20.2 Å². The molecular weight excluding hydrogens is 376 g/mol. The van der Waals surface area contributed by atoms with E-state index >= 15 is 0 Å². The van der Waals surface area contributed by atoms with Crippen LogP contribution in [0.15, 0.2) is 35.6 Å². The van der Waals surface area contributed by atoms with Crippen molar-refractivity contribution in [2.45, 2.75) is 11.9 Å². The molecule has 5 nitrogen and oxygen atoms in total. The average molecular weight is 395 g/mol. The normalized spacial score (nSPS) is 14.4. The molecule has 1 aliphatic rings. The molecule has 1 N–H and O–H groups in total. The number of carbonyl (C=O) groups is 1. The average Bonchev–Trinajstić information content (AvgIpc) is 2.64. The predicted octanol–water partition coefficient (Wildman–Crippen LogP) is 3.72. The van der Waals surface area contributed by atoms with Crippen molar-refractivity contribution in [1.29, 1.82) is 0 Å². The molecule has 0 atom stereocenters. The Hall–Kier alpha value is -1.44. The van der Waals surface area contributed by atoms with Gasteiger partial charge in [0.05, 0.1) is 5.75 Å². The van der Waals surface area contributed by atoms with Crippen LogP contribution < -0.4 is 10.2 Å². The van der Waals surface area contributed by atoms with Gasteiger partial charge in [0.15, 0.2) is 0 Å². The van der Waals surface area contributed by atoms with Crippen molar-refractivity contribution >= 4 is 52.5 Å². The van der Waals surface area contributed by atoms with E-state index in [9.17, 15) is 4.79 Å². The van der Waals surface area contributed by atoms with Gasteiger partial charge in [-0.1, -0.05) is 29.4 Å². The summed E-state index contributed by atoms with van der Waals surface area (Å²) >= 11 is 9.45. The lowest BCUT2D eigenvalue weighted by molar-refractivity contribution is -0.113. The van der Waals surface area contributed by atoms with Crippen molar-refractivity contribution in [2.75, 3.05) is 40.6 Å².